The second-order valence-corrected chi connectivity index (χ2v) is 12.2. The summed E-state index contributed by atoms with van der Waals surface area (Å²) in [6.07, 6.45) is 15.7. The van der Waals surface area contributed by atoms with Gasteiger partial charge in [-0.15, -0.1) is 0 Å². The van der Waals surface area contributed by atoms with Gasteiger partial charge in [-0.1, -0.05) is 40.6 Å². The molecule has 1 fully saturated rings. The van der Waals surface area contributed by atoms with Crippen molar-refractivity contribution < 1.29 is 0 Å². The number of rotatable bonds is 6. The fourth-order valence-corrected chi connectivity index (χ4v) is 4.82. The quantitative estimate of drug-likeness (QED) is 0.409. The fourth-order valence-electron chi connectivity index (χ4n) is 2.10. The van der Waals surface area contributed by atoms with Crippen LogP contribution in [0.15, 0.2) is 0 Å². The summed E-state index contributed by atoms with van der Waals surface area (Å²) in [5.41, 5.74) is 0. The van der Waals surface area contributed by atoms with Crippen LogP contribution in [0.2, 0.25) is 0 Å². The third kappa shape index (κ3) is 6.74. The van der Waals surface area contributed by atoms with Crippen molar-refractivity contribution >= 4 is 31.4 Å². The van der Waals surface area contributed by atoms with Gasteiger partial charge in [0.05, 0.1) is 0 Å². The molecule has 1 aliphatic rings. The van der Waals surface area contributed by atoms with Gasteiger partial charge in [0.1, 0.15) is 0 Å². The molecule has 1 nitrogen and oxygen atoms in total. The summed E-state index contributed by atoms with van der Waals surface area (Å²) in [4.78, 5) is 0. The van der Waals surface area contributed by atoms with E-state index in [9.17, 15) is 0 Å². The van der Waals surface area contributed by atoms with Gasteiger partial charge in [0.15, 0.2) is 0 Å². The molecule has 0 aliphatic heterocycles. The Balaban J connectivity index is 2.07. The van der Waals surface area contributed by atoms with Crippen LogP contribution >= 0.6 is 31.4 Å². The van der Waals surface area contributed by atoms with Gasteiger partial charge < -0.3 is 0 Å². The van der Waals surface area contributed by atoms with Crippen molar-refractivity contribution in [1.29, 1.82) is 0 Å². The summed E-state index contributed by atoms with van der Waals surface area (Å²) in [6, 6.07) is 0.825. The van der Waals surface area contributed by atoms with E-state index in [0.29, 0.717) is 0 Å². The fraction of sp³-hybridized carbons (Fsp3) is 1.00. The van der Waals surface area contributed by atoms with Gasteiger partial charge in [-0.25, -0.2) is 14.1 Å². The summed E-state index contributed by atoms with van der Waals surface area (Å²) in [5.74, 6) is 2.72. The third-order valence-corrected chi connectivity index (χ3v) is 6.53. The molecule has 0 radical (unpaired) electrons. The molecule has 0 bridgehead atoms. The maximum absolute atomic E-state index is 2.93. The van der Waals surface area contributed by atoms with E-state index in [4.69, 9.17) is 0 Å². The summed E-state index contributed by atoms with van der Waals surface area (Å²) >= 11 is 2.03. The predicted octanol–water partition coefficient (Wildman–Crippen LogP) is 4.14. The monoisotopic (exact) mass is 281 g/mol. The van der Waals surface area contributed by atoms with E-state index >= 15 is 0 Å². The minimum absolute atomic E-state index is 0.286. The van der Waals surface area contributed by atoms with Crippen LogP contribution in [0.4, 0.5) is 0 Å². The maximum atomic E-state index is 2.93. The molecule has 98 valence electrons. The van der Waals surface area contributed by atoms with Crippen molar-refractivity contribution in [3.05, 3.63) is 0 Å². The summed E-state index contributed by atoms with van der Waals surface area (Å²) in [5, 5.41) is 0. The average Bonchev–Trinajstić information content (AvgIpc) is 2.24. The molecule has 1 saturated carbocycles. The third-order valence-electron chi connectivity index (χ3n) is 3.08. The molecular formula is C12H28NPS2. The molecule has 0 heterocycles. The van der Waals surface area contributed by atoms with Gasteiger partial charge in [-0.3, -0.25) is 0 Å². The van der Waals surface area contributed by atoms with Crippen molar-refractivity contribution in [2.24, 2.45) is 0 Å². The van der Waals surface area contributed by atoms with E-state index in [1.807, 2.05) is 11.9 Å². The van der Waals surface area contributed by atoms with Crippen LogP contribution in [-0.4, -0.2) is 40.4 Å². The molecule has 0 aromatic heterocycles. The van der Waals surface area contributed by atoms with Crippen molar-refractivity contribution in [1.82, 2.24) is 4.08 Å². The van der Waals surface area contributed by atoms with Crippen molar-refractivity contribution in [2.45, 2.75) is 44.6 Å². The van der Waals surface area contributed by atoms with Gasteiger partial charge in [-0.05, 0) is 43.8 Å². The van der Waals surface area contributed by atoms with Crippen LogP contribution in [0.3, 0.4) is 0 Å². The first-order chi connectivity index (χ1) is 7.49. The molecule has 0 amide bonds. The topological polar surface area (TPSA) is 3.24 Å². The van der Waals surface area contributed by atoms with E-state index in [-0.39, 0.29) is 10.0 Å². The molecule has 1 unspecified atom stereocenters. The van der Waals surface area contributed by atoms with Crippen LogP contribution in [0.1, 0.15) is 38.5 Å². The van der Waals surface area contributed by atoms with Crippen molar-refractivity contribution in [2.75, 3.05) is 30.3 Å². The van der Waals surface area contributed by atoms with E-state index in [1.165, 1.54) is 50.0 Å². The second-order valence-electron chi connectivity index (χ2n) is 5.63. The summed E-state index contributed by atoms with van der Waals surface area (Å²) in [7, 11) is 2.64. The normalized spacial score (nSPS) is 20.3. The Kier molecular flexibility index (Phi) is 7.11. The van der Waals surface area contributed by atoms with E-state index < -0.39 is 0 Å². The lowest BCUT2D eigenvalue weighted by atomic mass is 9.96. The van der Waals surface area contributed by atoms with E-state index in [2.05, 4.69) is 32.2 Å². The molecule has 16 heavy (non-hydrogen) atoms. The van der Waals surface area contributed by atoms with Gasteiger partial charge in [0.25, 0.3) is 0 Å². The average molecular weight is 281 g/mol. The van der Waals surface area contributed by atoms with Crippen LogP contribution in [-0.2, 0) is 0 Å². The molecule has 0 spiro atoms. The number of hydrogen-bond acceptors (Lipinski definition) is 2. The Labute approximate surface area is 110 Å². The molecule has 0 saturated heterocycles. The molecule has 0 aromatic rings. The minimum Gasteiger partial charge on any atom is -0.250 e. The van der Waals surface area contributed by atoms with Crippen LogP contribution in [0.5, 0.6) is 0 Å². The van der Waals surface area contributed by atoms with E-state index in [0.717, 1.165) is 6.04 Å². The minimum atomic E-state index is -0.286. The smallest absolute Gasteiger partial charge is 0.0237 e. The number of nitrogens with zero attached hydrogens (tertiary/aromatic N) is 1. The lowest BCUT2D eigenvalue weighted by Crippen LogP contribution is -2.24. The molecule has 0 N–H and O–H groups in total. The highest BCUT2D eigenvalue weighted by Gasteiger charge is 2.18. The molecule has 1 rings (SSSR count). The van der Waals surface area contributed by atoms with E-state index in [1.54, 1.807) is 0 Å². The SMILES string of the molecule is CS(C)(C)CCCSN(P)C1CCCCC1. The van der Waals surface area contributed by atoms with Gasteiger partial charge in [-0.2, -0.15) is 0 Å². The molecule has 4 heteroatoms. The Hall–Kier alpha value is 1.09. The van der Waals surface area contributed by atoms with Crippen LogP contribution in [0, 0.1) is 0 Å². The highest BCUT2D eigenvalue weighted by Crippen LogP contribution is 2.36. The number of hydrogen-bond donors (Lipinski definition) is 0. The largest absolute Gasteiger partial charge is 0.250 e. The Morgan fingerprint density at radius 3 is 2.38 bits per heavy atom. The van der Waals surface area contributed by atoms with Crippen LogP contribution in [0.25, 0.3) is 0 Å². The highest BCUT2D eigenvalue weighted by atomic mass is 32.3. The molecule has 1 atom stereocenters. The maximum Gasteiger partial charge on any atom is 0.0237 e. The zero-order valence-corrected chi connectivity index (χ0v) is 13.9. The summed E-state index contributed by atoms with van der Waals surface area (Å²) in [6.45, 7) is 0. The lowest BCUT2D eigenvalue weighted by molar-refractivity contribution is 0.362. The summed E-state index contributed by atoms with van der Waals surface area (Å²) < 4.78 is 2.46. The standard InChI is InChI=1S/C12H28NPS2/c1-16(2,3)11-7-10-15-13(14)12-8-5-4-6-9-12/h12H,4-11,14H2,1-3H3. The lowest BCUT2D eigenvalue weighted by Gasteiger charge is -2.30. The molecule has 0 aromatic carbocycles. The first kappa shape index (κ1) is 15.1. The molecule has 1 aliphatic carbocycles. The highest BCUT2D eigenvalue weighted by molar-refractivity contribution is 8.32. The first-order valence-electron chi connectivity index (χ1n) is 6.32. The first-order valence-corrected chi connectivity index (χ1v) is 10.8. The van der Waals surface area contributed by atoms with Crippen molar-refractivity contribution in [3.8, 4) is 0 Å². The predicted molar refractivity (Wildman–Crippen MR) is 85.7 cm³/mol. The zero-order valence-electron chi connectivity index (χ0n) is 11.1. The second kappa shape index (κ2) is 7.51. The Morgan fingerprint density at radius 1 is 1.19 bits per heavy atom. The zero-order chi connectivity index (χ0) is 12.0. The van der Waals surface area contributed by atoms with Crippen LogP contribution < -0.4 is 0 Å². The molecular weight excluding hydrogens is 253 g/mol. The van der Waals surface area contributed by atoms with Crippen molar-refractivity contribution in [3.63, 3.8) is 0 Å². The van der Waals surface area contributed by atoms with Gasteiger partial charge >= 0.3 is 0 Å². The van der Waals surface area contributed by atoms with Gasteiger partial charge in [0.2, 0.25) is 0 Å². The Morgan fingerprint density at radius 2 is 1.81 bits per heavy atom. The van der Waals surface area contributed by atoms with Gasteiger partial charge in [0, 0.05) is 11.8 Å². The Bertz CT molecular complexity index is 188.